The quantitative estimate of drug-likeness (QED) is 0.262. The van der Waals surface area contributed by atoms with Crippen LogP contribution in [0, 0.1) is 25.2 Å². The number of aryl methyl sites for hydroxylation is 2. The second-order valence-electron chi connectivity index (χ2n) is 7.62. The number of hydrogen-bond acceptors (Lipinski definition) is 3. The van der Waals surface area contributed by atoms with Crippen LogP contribution in [-0.4, -0.2) is 12.5 Å². The van der Waals surface area contributed by atoms with E-state index in [2.05, 4.69) is 21.2 Å². The highest BCUT2D eigenvalue weighted by atomic mass is 79.9. The van der Waals surface area contributed by atoms with Gasteiger partial charge in [-0.2, -0.15) is 5.26 Å². The number of nitrogens with zero attached hydrogens (tertiary/aromatic N) is 1. The van der Waals surface area contributed by atoms with Gasteiger partial charge < -0.3 is 10.1 Å². The van der Waals surface area contributed by atoms with E-state index in [9.17, 15) is 10.1 Å². The van der Waals surface area contributed by atoms with Crippen LogP contribution in [0.25, 0.3) is 6.08 Å². The van der Waals surface area contributed by atoms with Gasteiger partial charge in [0.05, 0.1) is 6.61 Å². The van der Waals surface area contributed by atoms with Crippen molar-refractivity contribution in [1.29, 1.82) is 5.26 Å². The van der Waals surface area contributed by atoms with E-state index in [1.54, 1.807) is 6.08 Å². The van der Waals surface area contributed by atoms with Crippen LogP contribution >= 0.6 is 27.5 Å². The lowest BCUT2D eigenvalue weighted by molar-refractivity contribution is -0.112. The number of anilines is 1. The number of carbonyl (C=O) groups is 1. The zero-order valence-electron chi connectivity index (χ0n) is 18.7. The maximum atomic E-state index is 12.8. The molecule has 168 valence electrons. The van der Waals surface area contributed by atoms with Crippen molar-refractivity contribution in [2.45, 2.75) is 27.2 Å². The van der Waals surface area contributed by atoms with Gasteiger partial charge in [-0.25, -0.2) is 0 Å². The summed E-state index contributed by atoms with van der Waals surface area (Å²) in [5, 5.41) is 13.1. The lowest BCUT2D eigenvalue weighted by Crippen LogP contribution is -2.14. The van der Waals surface area contributed by atoms with E-state index in [1.165, 1.54) is 0 Å². The van der Waals surface area contributed by atoms with Crippen molar-refractivity contribution >= 4 is 45.2 Å². The van der Waals surface area contributed by atoms with E-state index in [4.69, 9.17) is 16.3 Å². The number of nitriles is 1. The van der Waals surface area contributed by atoms with E-state index in [0.29, 0.717) is 35.1 Å². The Morgan fingerprint density at radius 1 is 1.18 bits per heavy atom. The molecule has 0 heterocycles. The Labute approximate surface area is 208 Å². The molecule has 3 aromatic rings. The van der Waals surface area contributed by atoms with Crippen molar-refractivity contribution in [1.82, 2.24) is 0 Å². The predicted octanol–water partition coefficient (Wildman–Crippen LogP) is 7.25. The Balaban J connectivity index is 1.93. The third kappa shape index (κ3) is 6.25. The molecule has 0 saturated carbocycles. The highest BCUT2D eigenvalue weighted by Gasteiger charge is 2.15. The standard InChI is InChI=1S/C27H24BrClN2O2/c1-4-33-26-14-19(13-23(28)22(26)15-20-7-5-6-8-24(20)29)12-21(16-30)27(32)31-25-10-9-17(2)11-18(25)3/h5-14H,4,15H2,1-3H3,(H,31,32)/b21-12+. The number of ether oxygens (including phenoxy) is 1. The van der Waals surface area contributed by atoms with Crippen LogP contribution in [-0.2, 0) is 11.2 Å². The fourth-order valence-electron chi connectivity index (χ4n) is 3.46. The SMILES string of the molecule is CCOc1cc(/C=C(\C#N)C(=O)Nc2ccc(C)cc2C)cc(Br)c1Cc1ccccc1Cl. The normalized spacial score (nSPS) is 11.1. The maximum Gasteiger partial charge on any atom is 0.266 e. The number of rotatable bonds is 7. The summed E-state index contributed by atoms with van der Waals surface area (Å²) in [7, 11) is 0. The number of hydrogen-bond donors (Lipinski definition) is 1. The number of benzene rings is 3. The molecule has 0 unspecified atom stereocenters. The number of carbonyl (C=O) groups excluding carboxylic acids is 1. The Bertz CT molecular complexity index is 1260. The van der Waals surface area contributed by atoms with Crippen molar-refractivity contribution in [2.24, 2.45) is 0 Å². The van der Waals surface area contributed by atoms with Crippen LogP contribution in [0.15, 0.2) is 64.6 Å². The lowest BCUT2D eigenvalue weighted by atomic mass is 10.0. The zero-order chi connectivity index (χ0) is 24.0. The van der Waals surface area contributed by atoms with Gasteiger partial charge in [0.25, 0.3) is 5.91 Å². The molecule has 0 bridgehead atoms. The fourth-order valence-corrected chi connectivity index (χ4v) is 4.26. The zero-order valence-corrected chi connectivity index (χ0v) is 21.0. The minimum absolute atomic E-state index is 0.00294. The number of nitrogens with one attached hydrogen (secondary N) is 1. The highest BCUT2D eigenvalue weighted by molar-refractivity contribution is 9.10. The molecule has 0 aromatic heterocycles. The molecule has 0 aliphatic carbocycles. The predicted molar refractivity (Wildman–Crippen MR) is 138 cm³/mol. The Hall–Kier alpha value is -3.07. The van der Waals surface area contributed by atoms with Crippen LogP contribution in [0.4, 0.5) is 5.69 Å². The van der Waals surface area contributed by atoms with E-state index in [-0.39, 0.29) is 5.57 Å². The third-order valence-electron chi connectivity index (χ3n) is 5.11. The molecule has 0 aliphatic heterocycles. The van der Waals surface area contributed by atoms with Crippen LogP contribution in [0.1, 0.15) is 34.7 Å². The van der Waals surface area contributed by atoms with Crippen molar-refractivity contribution in [3.63, 3.8) is 0 Å². The van der Waals surface area contributed by atoms with Gasteiger partial charge in [-0.15, -0.1) is 0 Å². The van der Waals surface area contributed by atoms with Gasteiger partial charge in [-0.1, -0.05) is 63.4 Å². The molecule has 0 aliphatic rings. The molecule has 0 saturated heterocycles. The van der Waals surface area contributed by atoms with Crippen molar-refractivity contribution < 1.29 is 9.53 Å². The van der Waals surface area contributed by atoms with Gasteiger partial charge >= 0.3 is 0 Å². The minimum Gasteiger partial charge on any atom is -0.494 e. The molecule has 1 N–H and O–H groups in total. The fraction of sp³-hybridized carbons (Fsp3) is 0.185. The average molecular weight is 524 g/mol. The summed E-state index contributed by atoms with van der Waals surface area (Å²) in [5.41, 5.74) is 5.33. The molecular weight excluding hydrogens is 500 g/mol. The summed E-state index contributed by atoms with van der Waals surface area (Å²) in [4.78, 5) is 12.8. The molecular formula is C27H24BrClN2O2. The molecule has 33 heavy (non-hydrogen) atoms. The first kappa shape index (κ1) is 24.6. The summed E-state index contributed by atoms with van der Waals surface area (Å²) >= 11 is 9.98. The molecule has 0 atom stereocenters. The molecule has 0 spiro atoms. The minimum atomic E-state index is -0.460. The van der Waals surface area contributed by atoms with Gasteiger partial charge in [-0.3, -0.25) is 4.79 Å². The Morgan fingerprint density at radius 2 is 1.94 bits per heavy atom. The summed E-state index contributed by atoms with van der Waals surface area (Å²) in [6.45, 7) is 6.30. The lowest BCUT2D eigenvalue weighted by Gasteiger charge is -2.15. The van der Waals surface area contributed by atoms with Gasteiger partial charge in [0.1, 0.15) is 17.4 Å². The number of halogens is 2. The average Bonchev–Trinajstić information content (AvgIpc) is 2.77. The summed E-state index contributed by atoms with van der Waals surface area (Å²) < 4.78 is 6.69. The molecule has 0 radical (unpaired) electrons. The Morgan fingerprint density at radius 3 is 2.61 bits per heavy atom. The molecule has 0 fully saturated rings. The maximum absolute atomic E-state index is 12.8. The highest BCUT2D eigenvalue weighted by Crippen LogP contribution is 2.33. The van der Waals surface area contributed by atoms with Crippen LogP contribution in [0.5, 0.6) is 5.75 Å². The van der Waals surface area contributed by atoms with Gasteiger partial charge in [0.2, 0.25) is 0 Å². The monoisotopic (exact) mass is 522 g/mol. The molecule has 6 heteroatoms. The third-order valence-corrected chi connectivity index (χ3v) is 6.18. The first-order valence-corrected chi connectivity index (χ1v) is 11.7. The van der Waals surface area contributed by atoms with Gasteiger partial charge in [0, 0.05) is 27.2 Å². The van der Waals surface area contributed by atoms with Crippen molar-refractivity contribution in [2.75, 3.05) is 11.9 Å². The van der Waals surface area contributed by atoms with E-state index in [0.717, 1.165) is 26.7 Å². The van der Waals surface area contributed by atoms with E-state index >= 15 is 0 Å². The van der Waals surface area contributed by atoms with E-state index < -0.39 is 5.91 Å². The van der Waals surface area contributed by atoms with E-state index in [1.807, 2.05) is 81.4 Å². The first-order valence-electron chi connectivity index (χ1n) is 10.5. The van der Waals surface area contributed by atoms with Crippen LogP contribution in [0.3, 0.4) is 0 Å². The van der Waals surface area contributed by atoms with Gasteiger partial charge in [-0.05, 0) is 67.8 Å². The van der Waals surface area contributed by atoms with Crippen LogP contribution < -0.4 is 10.1 Å². The van der Waals surface area contributed by atoms with Crippen molar-refractivity contribution in [3.8, 4) is 11.8 Å². The largest absolute Gasteiger partial charge is 0.494 e. The van der Waals surface area contributed by atoms with Crippen molar-refractivity contribution in [3.05, 3.63) is 97.5 Å². The Kier molecular flexibility index (Phi) is 8.32. The summed E-state index contributed by atoms with van der Waals surface area (Å²) in [6, 6.07) is 19.1. The van der Waals surface area contributed by atoms with Gasteiger partial charge in [0.15, 0.2) is 0 Å². The molecule has 3 rings (SSSR count). The molecule has 3 aromatic carbocycles. The number of amides is 1. The molecule has 4 nitrogen and oxygen atoms in total. The second-order valence-corrected chi connectivity index (χ2v) is 8.88. The smallest absolute Gasteiger partial charge is 0.266 e. The molecule has 1 amide bonds. The summed E-state index contributed by atoms with van der Waals surface area (Å²) in [6.07, 6.45) is 2.14. The first-order chi connectivity index (χ1) is 15.8. The summed E-state index contributed by atoms with van der Waals surface area (Å²) in [5.74, 6) is 0.212. The topological polar surface area (TPSA) is 62.1 Å². The second kappa shape index (κ2) is 11.2. The van der Waals surface area contributed by atoms with Crippen LogP contribution in [0.2, 0.25) is 5.02 Å².